The summed E-state index contributed by atoms with van der Waals surface area (Å²) in [6.45, 7) is 1.36. The SMILES string of the molecule is O=C(CN(c1cc(Cl)cc(Cl)c1)S(=O)(=O)c1ccccc1)N1CCOCC1. The molecule has 0 bridgehead atoms. The molecule has 6 nitrogen and oxygen atoms in total. The Bertz CT molecular complexity index is 896. The third-order valence-electron chi connectivity index (χ3n) is 4.11. The van der Waals surface area contributed by atoms with E-state index in [1.807, 2.05) is 0 Å². The van der Waals surface area contributed by atoms with Crippen LogP contribution in [-0.4, -0.2) is 52.1 Å². The first kappa shape index (κ1) is 19.9. The summed E-state index contributed by atoms with van der Waals surface area (Å²) in [5.41, 5.74) is 0.234. The van der Waals surface area contributed by atoms with E-state index in [2.05, 4.69) is 0 Å². The van der Waals surface area contributed by atoms with Crippen LogP contribution in [-0.2, 0) is 19.6 Å². The number of carbonyl (C=O) groups excluding carboxylic acids is 1. The van der Waals surface area contributed by atoms with Crippen LogP contribution in [0.4, 0.5) is 5.69 Å². The van der Waals surface area contributed by atoms with Crippen molar-refractivity contribution in [2.75, 3.05) is 37.2 Å². The van der Waals surface area contributed by atoms with Crippen LogP contribution in [0.1, 0.15) is 0 Å². The third kappa shape index (κ3) is 4.73. The van der Waals surface area contributed by atoms with E-state index in [-0.39, 0.29) is 33.1 Å². The molecule has 27 heavy (non-hydrogen) atoms. The molecule has 0 N–H and O–H groups in total. The van der Waals surface area contributed by atoms with Gasteiger partial charge >= 0.3 is 0 Å². The summed E-state index contributed by atoms with van der Waals surface area (Å²) in [6, 6.07) is 12.4. The minimum Gasteiger partial charge on any atom is -0.378 e. The Morgan fingerprint density at radius 3 is 2.22 bits per heavy atom. The quantitative estimate of drug-likeness (QED) is 0.733. The van der Waals surface area contributed by atoms with Gasteiger partial charge in [-0.3, -0.25) is 9.10 Å². The smallest absolute Gasteiger partial charge is 0.264 e. The number of nitrogens with zero attached hydrogens (tertiary/aromatic N) is 2. The second kappa shape index (κ2) is 8.48. The summed E-state index contributed by atoms with van der Waals surface area (Å²) in [6.07, 6.45) is 0. The average molecular weight is 429 g/mol. The van der Waals surface area contributed by atoms with Crippen molar-refractivity contribution in [2.45, 2.75) is 4.90 Å². The highest BCUT2D eigenvalue weighted by molar-refractivity contribution is 7.92. The van der Waals surface area contributed by atoms with Crippen molar-refractivity contribution in [3.63, 3.8) is 0 Å². The summed E-state index contributed by atoms with van der Waals surface area (Å²) in [7, 11) is -3.98. The highest BCUT2D eigenvalue weighted by Crippen LogP contribution is 2.29. The molecule has 0 saturated carbocycles. The van der Waals surface area contributed by atoms with E-state index in [1.165, 1.54) is 30.3 Å². The van der Waals surface area contributed by atoms with Crippen molar-refractivity contribution in [2.24, 2.45) is 0 Å². The molecular formula is C18H18Cl2N2O4S. The molecule has 1 saturated heterocycles. The maximum Gasteiger partial charge on any atom is 0.264 e. The van der Waals surface area contributed by atoms with E-state index in [4.69, 9.17) is 27.9 Å². The lowest BCUT2D eigenvalue weighted by Crippen LogP contribution is -2.47. The van der Waals surface area contributed by atoms with Gasteiger partial charge in [0.2, 0.25) is 5.91 Å². The minimum atomic E-state index is -3.98. The molecular weight excluding hydrogens is 411 g/mol. The molecule has 0 aliphatic carbocycles. The van der Waals surface area contributed by atoms with E-state index in [0.29, 0.717) is 26.3 Å². The highest BCUT2D eigenvalue weighted by Gasteiger charge is 2.29. The van der Waals surface area contributed by atoms with E-state index in [9.17, 15) is 13.2 Å². The van der Waals surface area contributed by atoms with Crippen LogP contribution < -0.4 is 4.31 Å². The molecule has 1 aliphatic heterocycles. The van der Waals surface area contributed by atoms with Crippen LogP contribution >= 0.6 is 23.2 Å². The molecule has 1 fully saturated rings. The van der Waals surface area contributed by atoms with Crippen LogP contribution in [0.3, 0.4) is 0 Å². The van der Waals surface area contributed by atoms with E-state index >= 15 is 0 Å². The van der Waals surface area contributed by atoms with E-state index in [0.717, 1.165) is 4.31 Å². The molecule has 1 amide bonds. The molecule has 0 aromatic heterocycles. The van der Waals surface area contributed by atoms with Gasteiger partial charge in [0.25, 0.3) is 10.0 Å². The predicted octanol–water partition coefficient (Wildman–Crippen LogP) is 3.05. The number of hydrogen-bond acceptors (Lipinski definition) is 4. The number of morpholine rings is 1. The lowest BCUT2D eigenvalue weighted by Gasteiger charge is -2.30. The second-order valence-electron chi connectivity index (χ2n) is 5.95. The molecule has 1 heterocycles. The zero-order chi connectivity index (χ0) is 19.4. The van der Waals surface area contributed by atoms with Gasteiger partial charge in [0, 0.05) is 23.1 Å². The number of carbonyl (C=O) groups is 1. The van der Waals surface area contributed by atoms with Crippen LogP contribution in [0.2, 0.25) is 10.0 Å². The van der Waals surface area contributed by atoms with Gasteiger partial charge in [-0.15, -0.1) is 0 Å². The van der Waals surface area contributed by atoms with E-state index in [1.54, 1.807) is 23.1 Å². The summed E-state index contributed by atoms with van der Waals surface area (Å²) < 4.78 is 32.7. The van der Waals surface area contributed by atoms with Gasteiger partial charge < -0.3 is 9.64 Å². The van der Waals surface area contributed by atoms with Crippen molar-refractivity contribution in [1.29, 1.82) is 0 Å². The minimum absolute atomic E-state index is 0.0795. The first-order valence-electron chi connectivity index (χ1n) is 8.27. The van der Waals surface area contributed by atoms with Gasteiger partial charge in [-0.2, -0.15) is 0 Å². The Kier molecular flexibility index (Phi) is 6.26. The Morgan fingerprint density at radius 1 is 1.04 bits per heavy atom. The molecule has 0 spiro atoms. The van der Waals surface area contributed by atoms with Gasteiger partial charge in [0.1, 0.15) is 6.54 Å². The standard InChI is InChI=1S/C18H18Cl2N2O4S/c19-14-10-15(20)12-16(11-14)22(13-18(23)21-6-8-26-9-7-21)27(24,25)17-4-2-1-3-5-17/h1-5,10-12H,6-9,13H2. The third-order valence-corrected chi connectivity index (χ3v) is 6.33. The number of anilines is 1. The fraction of sp³-hybridized carbons (Fsp3) is 0.278. The highest BCUT2D eigenvalue weighted by atomic mass is 35.5. The van der Waals surface area contributed by atoms with Crippen LogP contribution in [0, 0.1) is 0 Å². The zero-order valence-electron chi connectivity index (χ0n) is 14.3. The summed E-state index contributed by atoms with van der Waals surface area (Å²) in [5, 5.41) is 0.564. The fourth-order valence-corrected chi connectivity index (χ4v) is 4.69. The molecule has 1 aliphatic rings. The Morgan fingerprint density at radius 2 is 1.63 bits per heavy atom. The number of ether oxygens (including phenoxy) is 1. The first-order valence-corrected chi connectivity index (χ1v) is 10.5. The zero-order valence-corrected chi connectivity index (χ0v) is 16.7. The van der Waals surface area contributed by atoms with Crippen LogP contribution in [0.15, 0.2) is 53.4 Å². The summed E-state index contributed by atoms with van der Waals surface area (Å²) in [4.78, 5) is 14.4. The molecule has 3 rings (SSSR count). The molecule has 0 atom stereocenters. The van der Waals surface area contributed by atoms with Crippen molar-refractivity contribution >= 4 is 44.8 Å². The predicted molar refractivity (Wildman–Crippen MR) is 105 cm³/mol. The van der Waals surface area contributed by atoms with Gasteiger partial charge in [0.15, 0.2) is 0 Å². The monoisotopic (exact) mass is 428 g/mol. The fourth-order valence-electron chi connectivity index (χ4n) is 2.75. The number of hydrogen-bond donors (Lipinski definition) is 0. The number of halogens is 2. The van der Waals surface area contributed by atoms with Crippen molar-refractivity contribution < 1.29 is 17.9 Å². The molecule has 144 valence electrons. The Hall–Kier alpha value is -1.80. The molecule has 0 unspecified atom stereocenters. The van der Waals surface area contributed by atoms with Crippen molar-refractivity contribution in [3.8, 4) is 0 Å². The van der Waals surface area contributed by atoms with Gasteiger partial charge in [0.05, 0.1) is 23.8 Å². The molecule has 2 aromatic carbocycles. The number of amides is 1. The molecule has 2 aromatic rings. The Labute approximate surface area is 168 Å². The number of sulfonamides is 1. The lowest BCUT2D eigenvalue weighted by molar-refractivity contribution is -0.133. The first-order chi connectivity index (χ1) is 12.9. The maximum absolute atomic E-state index is 13.2. The average Bonchev–Trinajstić information content (AvgIpc) is 2.66. The number of rotatable bonds is 5. The summed E-state index contributed by atoms with van der Waals surface area (Å²) >= 11 is 12.1. The van der Waals surface area contributed by atoms with Crippen LogP contribution in [0.5, 0.6) is 0 Å². The van der Waals surface area contributed by atoms with Gasteiger partial charge in [-0.1, -0.05) is 41.4 Å². The second-order valence-corrected chi connectivity index (χ2v) is 8.68. The van der Waals surface area contributed by atoms with Gasteiger partial charge in [-0.25, -0.2) is 8.42 Å². The maximum atomic E-state index is 13.2. The lowest BCUT2D eigenvalue weighted by atomic mass is 10.3. The summed E-state index contributed by atoms with van der Waals surface area (Å²) in [5.74, 6) is -0.311. The molecule has 9 heteroatoms. The van der Waals surface area contributed by atoms with Crippen molar-refractivity contribution in [3.05, 3.63) is 58.6 Å². The Balaban J connectivity index is 1.99. The normalized spacial score (nSPS) is 14.8. The topological polar surface area (TPSA) is 66.9 Å². The van der Waals surface area contributed by atoms with E-state index < -0.39 is 10.0 Å². The van der Waals surface area contributed by atoms with Gasteiger partial charge in [-0.05, 0) is 30.3 Å². The number of benzene rings is 2. The largest absolute Gasteiger partial charge is 0.378 e. The van der Waals surface area contributed by atoms with Crippen molar-refractivity contribution in [1.82, 2.24) is 4.90 Å². The van der Waals surface area contributed by atoms with Crippen LogP contribution in [0.25, 0.3) is 0 Å². The molecule has 0 radical (unpaired) electrons.